The van der Waals surface area contributed by atoms with E-state index in [2.05, 4.69) is 0 Å². The molecule has 18 heteroatoms. The molecule has 0 aromatic heterocycles. The number of carbonyl (C=O) groups is 2. The summed E-state index contributed by atoms with van der Waals surface area (Å²) >= 11 is 0. The summed E-state index contributed by atoms with van der Waals surface area (Å²) in [5, 5.41) is 11.6. The molecule has 0 aliphatic carbocycles. The van der Waals surface area contributed by atoms with E-state index in [0.717, 1.165) is 22.3 Å². The van der Waals surface area contributed by atoms with Gasteiger partial charge in [-0.3, -0.25) is 14.9 Å². The van der Waals surface area contributed by atoms with Gasteiger partial charge in [0.1, 0.15) is 18.2 Å². The maximum Gasteiger partial charge on any atom is 0.381 e. The van der Waals surface area contributed by atoms with Crippen LogP contribution in [0, 0.1) is 22.0 Å². The molecular weight excluding hydrogens is 993 g/mol. The van der Waals surface area contributed by atoms with Crippen molar-refractivity contribution in [1.82, 2.24) is 0 Å². The minimum Gasteiger partial charge on any atom is -0.465 e. The Balaban J connectivity index is 0.000000281. The van der Waals surface area contributed by atoms with Crippen LogP contribution in [-0.2, 0) is 73.9 Å². The highest BCUT2D eigenvalue weighted by Crippen LogP contribution is 2.50. The predicted molar refractivity (Wildman–Crippen MR) is 277 cm³/mol. The molecule has 0 spiro atoms. The van der Waals surface area contributed by atoms with Crippen molar-refractivity contribution in [2.24, 2.45) is 17.6 Å². The zero-order valence-corrected chi connectivity index (χ0v) is 44.8. The molecule has 0 amide bonds. The van der Waals surface area contributed by atoms with Crippen molar-refractivity contribution in [2.75, 3.05) is 13.2 Å². The number of nitrogens with zero attached hydrogens (tertiary/aromatic N) is 1. The fourth-order valence-corrected chi connectivity index (χ4v) is 9.86. The fraction of sp³-hybridized carbons (Fsp3) is 0.552. The van der Waals surface area contributed by atoms with Gasteiger partial charge >= 0.3 is 18.0 Å². The number of carbonyl (C=O) groups excluding carboxylic acids is 2. The number of benzene rings is 4. The molecule has 2 fully saturated rings. The third-order valence-corrected chi connectivity index (χ3v) is 14.4. The third-order valence-electron chi connectivity index (χ3n) is 14.4. The number of hydrogen-bond acceptors (Lipinski definition) is 13. The maximum atomic E-state index is 16.3. The molecular formula is C58H76F4N2O12. The molecule has 0 saturated carbocycles. The van der Waals surface area contributed by atoms with E-state index in [0.29, 0.717) is 12.8 Å². The smallest absolute Gasteiger partial charge is 0.381 e. The molecule has 418 valence electrons. The van der Waals surface area contributed by atoms with Gasteiger partial charge in [-0.1, -0.05) is 149 Å². The predicted octanol–water partition coefficient (Wildman–Crippen LogP) is 10.9. The van der Waals surface area contributed by atoms with Crippen molar-refractivity contribution in [1.29, 1.82) is 0 Å². The molecule has 12 atom stereocenters. The fourth-order valence-electron chi connectivity index (χ4n) is 9.86. The van der Waals surface area contributed by atoms with E-state index in [-0.39, 0.29) is 51.5 Å². The zero-order chi connectivity index (χ0) is 55.7. The first-order chi connectivity index (χ1) is 36.2. The van der Waals surface area contributed by atoms with E-state index in [1.54, 1.807) is 19.1 Å². The molecule has 0 radical (unpaired) electrons. The number of halogens is 4. The van der Waals surface area contributed by atoms with Crippen LogP contribution in [0.3, 0.4) is 0 Å². The van der Waals surface area contributed by atoms with Crippen LogP contribution in [0.5, 0.6) is 0 Å². The third kappa shape index (κ3) is 15.4. The number of hydrogen-bond donors (Lipinski definition) is 1. The van der Waals surface area contributed by atoms with Gasteiger partial charge in [-0.2, -0.15) is 0 Å². The molecule has 2 aliphatic heterocycles. The van der Waals surface area contributed by atoms with Crippen LogP contribution in [0.1, 0.15) is 103 Å². The van der Waals surface area contributed by atoms with E-state index in [9.17, 15) is 19.7 Å². The number of nitrogens with two attached hydrogens (primary N) is 1. The topological polar surface area (TPSA) is 177 Å². The maximum absolute atomic E-state index is 16.3. The molecule has 6 rings (SSSR count). The molecule has 2 heterocycles. The second kappa shape index (κ2) is 28.3. The minimum absolute atomic E-state index is 0.00815. The van der Waals surface area contributed by atoms with Gasteiger partial charge in [0.25, 0.3) is 11.8 Å². The molecule has 2 N–H and O–H groups in total. The Bertz CT molecular complexity index is 2380. The number of esters is 2. The monoisotopic (exact) mass is 1070 g/mol. The molecule has 76 heavy (non-hydrogen) atoms. The van der Waals surface area contributed by atoms with Crippen LogP contribution in [0.4, 0.5) is 17.6 Å². The van der Waals surface area contributed by atoms with E-state index in [4.69, 9.17) is 43.6 Å². The van der Waals surface area contributed by atoms with E-state index in [1.807, 2.05) is 137 Å². The quantitative estimate of drug-likeness (QED) is 0.0287. The van der Waals surface area contributed by atoms with Gasteiger partial charge < -0.3 is 43.6 Å². The Labute approximate surface area is 444 Å². The molecule has 14 nitrogen and oxygen atoms in total. The van der Waals surface area contributed by atoms with Gasteiger partial charge in [-0.15, -0.1) is 0 Å². The molecule has 2 unspecified atom stereocenters. The number of rotatable bonds is 25. The van der Waals surface area contributed by atoms with Crippen molar-refractivity contribution in [2.45, 2.75) is 179 Å². The Morgan fingerprint density at radius 3 is 1.21 bits per heavy atom. The van der Waals surface area contributed by atoms with Gasteiger partial charge in [0.05, 0.1) is 70.5 Å². The van der Waals surface area contributed by atoms with Gasteiger partial charge in [0, 0.05) is 23.2 Å². The van der Waals surface area contributed by atoms with Crippen LogP contribution >= 0.6 is 0 Å². The molecule has 2 aliphatic rings. The average Bonchev–Trinajstić information content (AvgIpc) is 3.40. The van der Waals surface area contributed by atoms with Gasteiger partial charge in [0.15, 0.2) is 11.2 Å². The van der Waals surface area contributed by atoms with E-state index < -0.39 is 101 Å². The lowest BCUT2D eigenvalue weighted by Crippen LogP contribution is -2.69. The second-order valence-electron chi connectivity index (χ2n) is 19.7. The van der Waals surface area contributed by atoms with Gasteiger partial charge in [-0.05, 0) is 62.8 Å². The normalized spacial score (nSPS) is 26.5. The minimum atomic E-state index is -3.86. The summed E-state index contributed by atoms with van der Waals surface area (Å²) in [6.07, 6.45) is -6.57. The van der Waals surface area contributed by atoms with Crippen molar-refractivity contribution >= 4 is 11.9 Å². The summed E-state index contributed by atoms with van der Waals surface area (Å²) in [6, 6.07) is 33.5. The van der Waals surface area contributed by atoms with Crippen LogP contribution in [0.2, 0.25) is 0 Å². The summed E-state index contributed by atoms with van der Waals surface area (Å²) < 4.78 is 112. The summed E-state index contributed by atoms with van der Waals surface area (Å²) in [6.45, 7) is 13.5. The first-order valence-electron chi connectivity index (χ1n) is 26.1. The highest BCUT2D eigenvalue weighted by atomic mass is 19.3. The largest absolute Gasteiger partial charge is 0.465 e. The van der Waals surface area contributed by atoms with Crippen molar-refractivity contribution < 1.29 is 70.0 Å². The number of ether oxygens (including phenoxy) is 8. The first-order valence-corrected chi connectivity index (χ1v) is 26.1. The van der Waals surface area contributed by atoms with Crippen molar-refractivity contribution in [3.05, 3.63) is 154 Å². The Morgan fingerprint density at radius 2 is 0.895 bits per heavy atom. The van der Waals surface area contributed by atoms with Gasteiger partial charge in [0.2, 0.25) is 0 Å². The lowest BCUT2D eigenvalue weighted by Gasteiger charge is -2.53. The Hall–Kier alpha value is -5.34. The molecule has 4 aromatic rings. The summed E-state index contributed by atoms with van der Waals surface area (Å²) in [5.41, 5.74) is 4.76. The lowest BCUT2D eigenvalue weighted by molar-refractivity contribution is -0.518. The average molecular weight is 1070 g/mol. The molecule has 0 bridgehead atoms. The Morgan fingerprint density at radius 1 is 0.579 bits per heavy atom. The van der Waals surface area contributed by atoms with E-state index >= 15 is 17.6 Å². The highest BCUT2D eigenvalue weighted by Gasteiger charge is 2.67. The first kappa shape index (κ1) is 61.5. The number of nitro groups is 1. The van der Waals surface area contributed by atoms with Crippen molar-refractivity contribution in [3.63, 3.8) is 0 Å². The summed E-state index contributed by atoms with van der Waals surface area (Å²) in [4.78, 5) is 35.0. The lowest BCUT2D eigenvalue weighted by atomic mass is 9.76. The summed E-state index contributed by atoms with van der Waals surface area (Å²) in [7, 11) is 0. The van der Waals surface area contributed by atoms with Crippen LogP contribution < -0.4 is 5.73 Å². The zero-order valence-electron chi connectivity index (χ0n) is 44.8. The van der Waals surface area contributed by atoms with Crippen LogP contribution in [0.25, 0.3) is 0 Å². The van der Waals surface area contributed by atoms with Crippen LogP contribution in [0.15, 0.2) is 121 Å². The van der Waals surface area contributed by atoms with Crippen molar-refractivity contribution in [3.8, 4) is 0 Å². The Kier molecular flexibility index (Phi) is 22.9. The van der Waals surface area contributed by atoms with Gasteiger partial charge in [-0.25, -0.2) is 22.4 Å². The SMILES string of the molecule is CCOC(=O)C(CC(F)(F)[C@]1(C)O[C@H](CC)[C@H](C)[C@H](OCc2ccccc2)[C@H]1OCc1ccccc1)[N+](=O)[O-].CCOC(=O)C(N)CC(F)(F)[C@]1(C)O[C@H](CC)[C@H](C)[C@H](OCc2ccccc2)[C@H]1OCc1ccccc1. The molecule has 4 aromatic carbocycles. The summed E-state index contributed by atoms with van der Waals surface area (Å²) in [5.74, 6) is -10.1. The standard InChI is InChI=1S/C29H37F2NO7.C29H39F2NO5/c1-5-24-20(3)25(37-18-21-13-9-7-10-14-21)26(38-19-22-15-11-8-12-16-22)28(4,39-24)29(30,31)17-23(32(34)35)27(33)36-6-2;1-5-24-20(3)25(35-18-21-13-9-7-10-14-21)26(36-19-22-15-11-8-12-16-22)28(4,37-24)29(30,31)17-23(32)27(33)34-6-2/h7-16,20,23-26H,5-6,17-19H2,1-4H3;7-16,20,23-26H,5-6,17-19,32H2,1-4H3/t2*20-,23?,24+,25-,26+,28+/m00/s1. The number of alkyl halides is 4. The second-order valence-corrected chi connectivity index (χ2v) is 19.7. The highest BCUT2D eigenvalue weighted by molar-refractivity contribution is 5.75. The molecule has 2 saturated heterocycles. The van der Waals surface area contributed by atoms with Crippen LogP contribution in [-0.4, -0.2) is 102 Å². The van der Waals surface area contributed by atoms with E-state index in [1.165, 1.54) is 20.8 Å².